The molecule has 0 amide bonds. The van der Waals surface area contributed by atoms with E-state index < -0.39 is 0 Å². The van der Waals surface area contributed by atoms with Crippen LogP contribution in [0.5, 0.6) is 0 Å². The van der Waals surface area contributed by atoms with Crippen molar-refractivity contribution in [1.29, 1.82) is 0 Å². The number of aliphatic hydroxyl groups is 3. The maximum Gasteiger partial charge on any atom is 2.00 e. The molecule has 0 aliphatic heterocycles. The van der Waals surface area contributed by atoms with Gasteiger partial charge in [0.25, 0.3) is 0 Å². The van der Waals surface area contributed by atoms with Crippen LogP contribution in [0.4, 0.5) is 0 Å². The molecule has 0 radical (unpaired) electrons. The minimum atomic E-state index is 0. The molecule has 4 heteroatoms. The van der Waals surface area contributed by atoms with Crippen LogP contribution in [-0.4, -0.2) is 36.6 Å². The van der Waals surface area contributed by atoms with Gasteiger partial charge in [0.1, 0.15) is 0 Å². The second kappa shape index (κ2) is 31.6. The molecule has 0 bridgehead atoms. The van der Waals surface area contributed by atoms with Gasteiger partial charge in [-0.15, -0.1) is 0 Å². The Kier molecular flexibility index (Phi) is 42.8. The average Bonchev–Trinajstić information content (AvgIpc) is 3.27. The van der Waals surface area contributed by atoms with Crippen molar-refractivity contribution in [3.05, 3.63) is 60.2 Å². The van der Waals surface area contributed by atoms with Crippen LogP contribution in [0, 0.1) is 0 Å². The topological polar surface area (TPSA) is 60.7 Å². The van der Waals surface area contributed by atoms with E-state index in [1.165, 1.54) is 24.8 Å². The number of aliphatic hydroxyl groups excluding tert-OH is 3. The normalized spacial score (nSPS) is 7.00. The summed E-state index contributed by atoms with van der Waals surface area (Å²) in [6, 6.07) is 18.6. The van der Waals surface area contributed by atoms with E-state index in [4.69, 9.17) is 15.3 Å². The van der Waals surface area contributed by atoms with Crippen LogP contribution in [0.15, 0.2) is 54.6 Å². The van der Waals surface area contributed by atoms with Crippen molar-refractivity contribution < 1.29 is 37.0 Å². The van der Waals surface area contributed by atoms with Gasteiger partial charge in [0.15, 0.2) is 0 Å². The molecule has 3 N–H and O–H groups in total. The first-order valence-corrected chi connectivity index (χ1v) is 6.65. The molecular formula is C17H30O3Ti. The Labute approximate surface area is 144 Å². The Hall–Kier alpha value is -0.706. The molecule has 3 nitrogen and oxygen atoms in total. The zero-order valence-corrected chi connectivity index (χ0v) is 15.2. The fourth-order valence-corrected chi connectivity index (χ4v) is 1.28. The van der Waals surface area contributed by atoms with E-state index in [9.17, 15) is 0 Å². The van der Waals surface area contributed by atoms with E-state index in [1.54, 1.807) is 0 Å². The summed E-state index contributed by atoms with van der Waals surface area (Å²) in [7, 11) is 3.00. The van der Waals surface area contributed by atoms with Crippen LogP contribution in [0.25, 0.3) is 0 Å². The molecule has 0 heterocycles. The van der Waals surface area contributed by atoms with E-state index in [1.807, 2.05) is 30.3 Å². The van der Waals surface area contributed by atoms with Gasteiger partial charge in [-0.05, 0) is 0 Å². The predicted molar refractivity (Wildman–Crippen MR) is 87.1 cm³/mol. The first-order valence-electron chi connectivity index (χ1n) is 6.65. The Morgan fingerprint density at radius 2 is 1.24 bits per heavy atom. The fraction of sp³-hybridized carbons (Fsp3) is 0.412. The molecule has 0 spiro atoms. The summed E-state index contributed by atoms with van der Waals surface area (Å²) in [6.45, 7) is 2.23. The zero-order valence-electron chi connectivity index (χ0n) is 13.7. The van der Waals surface area contributed by atoms with Crippen molar-refractivity contribution in [3.63, 3.8) is 0 Å². The average molecular weight is 330 g/mol. The van der Waals surface area contributed by atoms with Crippen LogP contribution in [0.3, 0.4) is 0 Å². The van der Waals surface area contributed by atoms with Crippen LogP contribution < -0.4 is 0 Å². The van der Waals surface area contributed by atoms with Gasteiger partial charge in [0.2, 0.25) is 0 Å². The Morgan fingerprint density at radius 3 is 1.52 bits per heavy atom. The number of aryl methyl sites for hydroxylation is 1. The van der Waals surface area contributed by atoms with Gasteiger partial charge < -0.3 is 15.3 Å². The smallest absolute Gasteiger partial charge is 0.400 e. The third kappa shape index (κ3) is 24.7. The van der Waals surface area contributed by atoms with Crippen LogP contribution in [0.1, 0.15) is 25.3 Å². The van der Waals surface area contributed by atoms with E-state index in [0.29, 0.717) is 0 Å². The van der Waals surface area contributed by atoms with Crippen molar-refractivity contribution in [2.75, 3.05) is 21.3 Å². The van der Waals surface area contributed by atoms with Gasteiger partial charge >= 0.3 is 21.7 Å². The maximum absolute atomic E-state index is 7.00. The standard InChI is InChI=1S/C9H13.C5H5.3CH4O.Ti/c1-2-3-6-9-7-4-5-8-9;1-2-4-5-3-1;3*1-2;/h4-5,7-8H,2-3,6H2,1H3;1-5H;3*2H,1H3;/q2*-1;;;;+2. The van der Waals surface area contributed by atoms with Gasteiger partial charge in [-0.1, -0.05) is 26.2 Å². The van der Waals surface area contributed by atoms with Gasteiger partial charge in [-0.25, -0.2) is 24.3 Å². The molecule has 0 saturated carbocycles. The predicted octanol–water partition coefficient (Wildman–Crippen LogP) is 2.98. The molecule has 21 heavy (non-hydrogen) atoms. The summed E-state index contributed by atoms with van der Waals surface area (Å²) in [4.78, 5) is 0. The van der Waals surface area contributed by atoms with Crippen LogP contribution in [-0.2, 0) is 28.1 Å². The Morgan fingerprint density at radius 1 is 0.810 bits per heavy atom. The van der Waals surface area contributed by atoms with Crippen molar-refractivity contribution in [2.24, 2.45) is 0 Å². The second-order valence-electron chi connectivity index (χ2n) is 3.36. The molecule has 0 aliphatic carbocycles. The molecule has 0 unspecified atom stereocenters. The Bertz CT molecular complexity index is 274. The van der Waals surface area contributed by atoms with Gasteiger partial charge in [0.05, 0.1) is 0 Å². The first-order chi connectivity index (χ1) is 9.93. The van der Waals surface area contributed by atoms with E-state index in [0.717, 1.165) is 21.3 Å². The van der Waals surface area contributed by atoms with E-state index >= 15 is 0 Å². The summed E-state index contributed by atoms with van der Waals surface area (Å²) in [6.07, 6.45) is 3.87. The summed E-state index contributed by atoms with van der Waals surface area (Å²) in [5.41, 5.74) is 1.48. The monoisotopic (exact) mass is 330 g/mol. The van der Waals surface area contributed by atoms with Crippen LogP contribution >= 0.6 is 0 Å². The van der Waals surface area contributed by atoms with Crippen LogP contribution in [0.2, 0.25) is 0 Å². The fourth-order valence-electron chi connectivity index (χ4n) is 1.28. The molecule has 0 aromatic heterocycles. The molecule has 0 fully saturated rings. The second-order valence-corrected chi connectivity index (χ2v) is 3.36. The van der Waals surface area contributed by atoms with Gasteiger partial charge in [-0.3, -0.25) is 0 Å². The van der Waals surface area contributed by atoms with Gasteiger partial charge in [0, 0.05) is 21.3 Å². The minimum Gasteiger partial charge on any atom is -0.400 e. The summed E-state index contributed by atoms with van der Waals surface area (Å²) >= 11 is 0. The number of rotatable bonds is 3. The molecule has 0 atom stereocenters. The molecule has 120 valence electrons. The number of hydrogen-bond acceptors (Lipinski definition) is 3. The first kappa shape index (κ1) is 28.5. The number of unbranched alkanes of at least 4 members (excludes halogenated alkanes) is 1. The van der Waals surface area contributed by atoms with Crippen molar-refractivity contribution in [1.82, 2.24) is 0 Å². The zero-order chi connectivity index (χ0) is 16.1. The van der Waals surface area contributed by atoms with Gasteiger partial charge in [-0.2, -0.15) is 35.9 Å². The van der Waals surface area contributed by atoms with Crippen molar-refractivity contribution in [3.8, 4) is 0 Å². The van der Waals surface area contributed by atoms with E-state index in [-0.39, 0.29) is 21.7 Å². The summed E-state index contributed by atoms with van der Waals surface area (Å²) in [5, 5.41) is 21.0. The van der Waals surface area contributed by atoms with E-state index in [2.05, 4.69) is 31.2 Å². The molecule has 0 aliphatic rings. The van der Waals surface area contributed by atoms with Crippen molar-refractivity contribution >= 4 is 0 Å². The Balaban J connectivity index is -0.000000104. The summed E-state index contributed by atoms with van der Waals surface area (Å²) < 4.78 is 0. The molecule has 2 rings (SSSR count). The minimum absolute atomic E-state index is 0. The summed E-state index contributed by atoms with van der Waals surface area (Å²) in [5.74, 6) is 0. The molecular weight excluding hydrogens is 300 g/mol. The third-order valence-electron chi connectivity index (χ3n) is 2.11. The molecule has 2 aromatic carbocycles. The van der Waals surface area contributed by atoms with Crippen molar-refractivity contribution in [2.45, 2.75) is 26.2 Å². The largest absolute Gasteiger partial charge is 2.00 e. The molecule has 2 aromatic rings. The quantitative estimate of drug-likeness (QED) is 0.599. The molecule has 0 saturated heterocycles. The number of hydrogen-bond donors (Lipinski definition) is 3. The SMILES string of the molecule is CCCC[c-]1cccc1.CO.CO.CO.[Ti+2].c1cc[cH-]c1. The third-order valence-corrected chi connectivity index (χ3v) is 2.11. The maximum atomic E-state index is 7.00.